The van der Waals surface area contributed by atoms with Crippen LogP contribution in [0.1, 0.15) is 79.0 Å². The quantitative estimate of drug-likeness (QED) is 0.235. The van der Waals surface area contributed by atoms with Crippen LogP contribution in [0.5, 0.6) is 0 Å². The summed E-state index contributed by atoms with van der Waals surface area (Å²) < 4.78 is 90.9. The number of carbonyl (C=O) groups excluding carboxylic acids is 3. The first-order chi connectivity index (χ1) is 18.3. The average Bonchev–Trinajstić information content (AvgIpc) is 2.87. The Balaban J connectivity index is 1.64. The predicted molar refractivity (Wildman–Crippen MR) is 123 cm³/mol. The van der Waals surface area contributed by atoms with Gasteiger partial charge in [-0.15, -0.1) is 0 Å². The molecule has 2 aliphatic carbocycles. The van der Waals surface area contributed by atoms with Crippen LogP contribution < -0.4 is 0 Å². The topological polar surface area (TPSA) is 69.7 Å². The van der Waals surface area contributed by atoms with Crippen LogP contribution in [0.15, 0.2) is 48.5 Å². The Morgan fingerprint density at radius 2 is 1.00 bits per heavy atom. The van der Waals surface area contributed by atoms with E-state index in [-0.39, 0.29) is 36.8 Å². The maximum atomic E-state index is 14.0. The highest BCUT2D eigenvalue weighted by Gasteiger charge is 2.68. The van der Waals surface area contributed by atoms with Gasteiger partial charge in [-0.1, -0.05) is 30.7 Å². The first kappa shape index (κ1) is 27.2. The number of alkyl halides is 6. The third-order valence-corrected chi connectivity index (χ3v) is 8.09. The summed E-state index contributed by atoms with van der Waals surface area (Å²) in [6, 6.07) is 7.56. The lowest BCUT2D eigenvalue weighted by Gasteiger charge is -2.52. The third-order valence-electron chi connectivity index (χ3n) is 8.09. The van der Waals surface area contributed by atoms with Crippen LogP contribution in [0.4, 0.5) is 26.3 Å². The monoisotopic (exact) mass is 554 g/mol. The molecule has 0 N–H and O–H groups in total. The maximum absolute atomic E-state index is 14.0. The summed E-state index contributed by atoms with van der Waals surface area (Å²) in [5.74, 6) is -6.36. The van der Waals surface area contributed by atoms with E-state index in [1.165, 1.54) is 0 Å². The Morgan fingerprint density at radius 3 is 1.36 bits per heavy atom. The molecule has 3 fully saturated rings. The molecule has 3 aliphatic rings. The molecule has 0 unspecified atom stereocenters. The smallest absolute Gasteiger partial charge is 0.416 e. The molecular formula is C28H24F6O5. The van der Waals surface area contributed by atoms with Crippen molar-refractivity contribution in [1.29, 1.82) is 0 Å². The lowest BCUT2D eigenvalue weighted by molar-refractivity contribution is -0.275. The summed E-state index contributed by atoms with van der Waals surface area (Å²) in [5.41, 5.74) is -3.88. The molecule has 2 spiro atoms. The maximum Gasteiger partial charge on any atom is 0.416 e. The average molecular weight is 554 g/mol. The van der Waals surface area contributed by atoms with Crippen LogP contribution in [-0.2, 0) is 36.2 Å². The normalized spacial score (nSPS) is 24.9. The summed E-state index contributed by atoms with van der Waals surface area (Å²) in [4.78, 5) is 40.9. The van der Waals surface area contributed by atoms with Crippen molar-refractivity contribution >= 4 is 17.7 Å². The predicted octanol–water partition coefficient (Wildman–Crippen LogP) is 6.70. The van der Waals surface area contributed by atoms with Crippen LogP contribution in [0.25, 0.3) is 0 Å². The van der Waals surface area contributed by atoms with E-state index in [1.807, 2.05) is 0 Å². The largest absolute Gasteiger partial charge is 0.422 e. The number of ether oxygens (including phenoxy) is 2. The van der Waals surface area contributed by atoms with E-state index in [2.05, 4.69) is 0 Å². The first-order valence-electron chi connectivity index (χ1n) is 12.6. The van der Waals surface area contributed by atoms with Crippen molar-refractivity contribution in [3.05, 3.63) is 70.8 Å². The Morgan fingerprint density at radius 1 is 0.615 bits per heavy atom. The van der Waals surface area contributed by atoms with Gasteiger partial charge in [0, 0.05) is 37.5 Å². The van der Waals surface area contributed by atoms with E-state index in [0.29, 0.717) is 12.8 Å². The number of carbonyl (C=O) groups is 3. The first-order valence-corrected chi connectivity index (χ1v) is 12.6. The summed E-state index contributed by atoms with van der Waals surface area (Å²) in [6.45, 7) is 0. The Labute approximate surface area is 219 Å². The fourth-order valence-corrected chi connectivity index (χ4v) is 6.15. The fourth-order valence-electron chi connectivity index (χ4n) is 6.15. The lowest BCUT2D eigenvalue weighted by Crippen LogP contribution is -2.62. The standard InChI is InChI=1S/C28H24F6O5/c29-27(30,31)18-8-4-16(5-9-18)21-14-20(35)15-22(17-6-10-19(11-7-17)28(32,33)34)26(21)23(36)38-25(39-24(26)37)12-2-1-3-13-25/h4-11,21-22H,1-3,12-15H2/t21-,22+. The number of ketones is 1. The van der Waals surface area contributed by atoms with Gasteiger partial charge in [-0.3, -0.25) is 14.4 Å². The Kier molecular flexibility index (Phi) is 6.54. The van der Waals surface area contributed by atoms with Gasteiger partial charge in [0.2, 0.25) is 0 Å². The molecule has 0 amide bonds. The number of benzene rings is 2. The van der Waals surface area contributed by atoms with Gasteiger partial charge in [0.05, 0.1) is 11.1 Å². The van der Waals surface area contributed by atoms with Gasteiger partial charge < -0.3 is 9.47 Å². The van der Waals surface area contributed by atoms with Crippen molar-refractivity contribution in [3.63, 3.8) is 0 Å². The highest BCUT2D eigenvalue weighted by molar-refractivity contribution is 6.06. The molecule has 5 rings (SSSR count). The molecule has 39 heavy (non-hydrogen) atoms. The lowest BCUT2D eigenvalue weighted by atomic mass is 9.55. The molecule has 0 bridgehead atoms. The molecule has 2 aromatic rings. The zero-order valence-electron chi connectivity index (χ0n) is 20.5. The van der Waals surface area contributed by atoms with Crippen molar-refractivity contribution in [2.45, 2.75) is 74.9 Å². The number of esters is 2. The number of hydrogen-bond donors (Lipinski definition) is 0. The molecule has 2 saturated carbocycles. The van der Waals surface area contributed by atoms with Crippen LogP contribution in [0.3, 0.4) is 0 Å². The number of hydrogen-bond acceptors (Lipinski definition) is 5. The van der Waals surface area contributed by atoms with Crippen molar-refractivity contribution in [2.75, 3.05) is 0 Å². The molecule has 11 heteroatoms. The highest BCUT2D eigenvalue weighted by Crippen LogP contribution is 2.59. The van der Waals surface area contributed by atoms with E-state index in [4.69, 9.17) is 9.47 Å². The summed E-state index contributed by atoms with van der Waals surface area (Å²) >= 11 is 0. The minimum atomic E-state index is -4.64. The van der Waals surface area contributed by atoms with Crippen molar-refractivity contribution in [3.8, 4) is 0 Å². The van der Waals surface area contributed by atoms with E-state index in [1.54, 1.807) is 0 Å². The Hall–Kier alpha value is -3.37. The molecule has 2 aromatic carbocycles. The number of rotatable bonds is 2. The summed E-state index contributed by atoms with van der Waals surface area (Å²) in [6.07, 6.45) is -7.34. The van der Waals surface area contributed by atoms with E-state index in [9.17, 15) is 40.7 Å². The van der Waals surface area contributed by atoms with Gasteiger partial charge in [0.1, 0.15) is 5.78 Å². The van der Waals surface area contributed by atoms with Gasteiger partial charge in [0.25, 0.3) is 5.79 Å². The molecule has 0 aromatic heterocycles. The molecule has 1 saturated heterocycles. The van der Waals surface area contributed by atoms with Gasteiger partial charge in [-0.05, 0) is 48.2 Å². The van der Waals surface area contributed by atoms with Gasteiger partial charge in [0.15, 0.2) is 5.41 Å². The molecule has 1 aliphatic heterocycles. The fraction of sp³-hybridized carbons (Fsp3) is 0.464. The van der Waals surface area contributed by atoms with E-state index in [0.717, 1.165) is 55.0 Å². The van der Waals surface area contributed by atoms with Crippen LogP contribution in [-0.4, -0.2) is 23.5 Å². The van der Waals surface area contributed by atoms with Gasteiger partial charge >= 0.3 is 24.3 Å². The zero-order chi connectivity index (χ0) is 28.2. The second-order valence-corrected chi connectivity index (χ2v) is 10.4. The van der Waals surface area contributed by atoms with Gasteiger partial charge in [-0.2, -0.15) is 26.3 Å². The second kappa shape index (κ2) is 9.38. The van der Waals surface area contributed by atoms with Crippen LogP contribution in [0.2, 0.25) is 0 Å². The second-order valence-electron chi connectivity index (χ2n) is 10.4. The molecule has 5 nitrogen and oxygen atoms in total. The summed E-state index contributed by atoms with van der Waals surface area (Å²) in [7, 11) is 0. The Bertz CT molecular complexity index is 1180. The van der Waals surface area contributed by atoms with E-state index < -0.39 is 64.2 Å². The SMILES string of the molecule is O=C1C[C@H](c2ccc(C(F)(F)F)cc2)C2(C(=O)OC3(CCCCC3)OC2=O)[C@H](c2ccc(C(F)(F)F)cc2)C1. The van der Waals surface area contributed by atoms with Crippen LogP contribution in [0, 0.1) is 5.41 Å². The molecule has 208 valence electrons. The van der Waals surface area contributed by atoms with Crippen LogP contribution >= 0.6 is 0 Å². The highest BCUT2D eigenvalue weighted by atomic mass is 19.4. The molecular weight excluding hydrogens is 530 g/mol. The minimum Gasteiger partial charge on any atom is -0.422 e. The van der Waals surface area contributed by atoms with Crippen molar-refractivity contribution in [2.24, 2.45) is 5.41 Å². The third kappa shape index (κ3) is 4.69. The van der Waals surface area contributed by atoms with Crippen molar-refractivity contribution in [1.82, 2.24) is 0 Å². The zero-order valence-corrected chi connectivity index (χ0v) is 20.5. The number of halogens is 6. The number of Topliss-reactive ketones (excluding diaryl/α,β-unsaturated/α-hetero) is 1. The summed E-state index contributed by atoms with van der Waals surface area (Å²) in [5, 5.41) is 0. The molecule has 1 heterocycles. The van der Waals surface area contributed by atoms with Crippen molar-refractivity contribution < 1.29 is 50.2 Å². The van der Waals surface area contributed by atoms with E-state index >= 15 is 0 Å². The van der Waals surface area contributed by atoms with Gasteiger partial charge in [-0.25, -0.2) is 0 Å². The minimum absolute atomic E-state index is 0.112. The molecule has 2 atom stereocenters. The molecule has 0 radical (unpaired) electrons.